The van der Waals surface area contributed by atoms with Crippen LogP contribution >= 0.6 is 0 Å². The zero-order valence-electron chi connectivity index (χ0n) is 17.3. The molecule has 0 aromatic heterocycles. The number of halogens is 3. The van der Waals surface area contributed by atoms with Gasteiger partial charge in [0.1, 0.15) is 18.0 Å². The Morgan fingerprint density at radius 2 is 1.81 bits per heavy atom. The molecule has 2 rings (SSSR count). The van der Waals surface area contributed by atoms with Gasteiger partial charge in [0.15, 0.2) is 0 Å². The fourth-order valence-electron chi connectivity index (χ4n) is 2.77. The van der Waals surface area contributed by atoms with Crippen LogP contribution in [0.25, 0.3) is 6.08 Å². The molecule has 31 heavy (non-hydrogen) atoms. The highest BCUT2D eigenvalue weighted by Crippen LogP contribution is 2.34. The lowest BCUT2D eigenvalue weighted by atomic mass is 10.1. The number of ether oxygens (including phenoxy) is 2. The van der Waals surface area contributed by atoms with Gasteiger partial charge in [-0.2, -0.15) is 13.2 Å². The Morgan fingerprint density at radius 1 is 1.10 bits per heavy atom. The average molecular weight is 436 g/mol. The fourth-order valence-corrected chi connectivity index (χ4v) is 2.77. The number of hydrogen-bond donors (Lipinski definition) is 1. The van der Waals surface area contributed by atoms with Gasteiger partial charge in [-0.3, -0.25) is 9.59 Å². The Bertz CT molecular complexity index is 958. The summed E-state index contributed by atoms with van der Waals surface area (Å²) < 4.78 is 49.6. The van der Waals surface area contributed by atoms with E-state index in [4.69, 9.17) is 9.47 Å². The lowest BCUT2D eigenvalue weighted by molar-refractivity contribution is -0.137. The molecule has 1 N–H and O–H groups in total. The van der Waals surface area contributed by atoms with Crippen molar-refractivity contribution in [3.05, 3.63) is 59.7 Å². The summed E-state index contributed by atoms with van der Waals surface area (Å²) in [5, 5.41) is 2.23. The summed E-state index contributed by atoms with van der Waals surface area (Å²) in [7, 11) is 3.00. The Hall–Kier alpha value is -3.49. The highest BCUT2D eigenvalue weighted by Gasteiger charge is 2.33. The molecule has 0 atom stereocenters. The van der Waals surface area contributed by atoms with Gasteiger partial charge in [0, 0.05) is 24.3 Å². The Labute approximate surface area is 178 Å². The van der Waals surface area contributed by atoms with Gasteiger partial charge in [-0.1, -0.05) is 12.1 Å². The largest absolute Gasteiger partial charge is 0.497 e. The smallest absolute Gasteiger partial charge is 0.418 e. The van der Waals surface area contributed by atoms with Crippen LogP contribution < -0.4 is 14.8 Å². The summed E-state index contributed by atoms with van der Waals surface area (Å²) >= 11 is 0. The Balaban J connectivity index is 2.09. The highest BCUT2D eigenvalue weighted by molar-refractivity contribution is 5.98. The van der Waals surface area contributed by atoms with Crippen molar-refractivity contribution in [2.75, 3.05) is 32.6 Å². The summed E-state index contributed by atoms with van der Waals surface area (Å²) in [4.78, 5) is 26.0. The number of amides is 2. The van der Waals surface area contributed by atoms with E-state index >= 15 is 0 Å². The van der Waals surface area contributed by atoms with Crippen LogP contribution in [0.2, 0.25) is 0 Å². The molecular weight excluding hydrogens is 413 g/mol. The number of nitrogens with one attached hydrogen (secondary N) is 1. The summed E-state index contributed by atoms with van der Waals surface area (Å²) in [5.74, 6) is -0.124. The van der Waals surface area contributed by atoms with Gasteiger partial charge in [-0.15, -0.1) is 0 Å². The predicted octanol–water partition coefficient (Wildman–Crippen LogP) is 4.22. The van der Waals surface area contributed by atoms with Crippen molar-refractivity contribution >= 4 is 23.6 Å². The van der Waals surface area contributed by atoms with E-state index in [0.717, 1.165) is 12.1 Å². The zero-order chi connectivity index (χ0) is 23.0. The summed E-state index contributed by atoms with van der Waals surface area (Å²) in [6.07, 6.45) is -1.81. The number of benzene rings is 2. The van der Waals surface area contributed by atoms with Crippen molar-refractivity contribution in [3.8, 4) is 11.5 Å². The maximum absolute atomic E-state index is 13.1. The molecule has 0 saturated heterocycles. The van der Waals surface area contributed by atoms with Gasteiger partial charge in [0.05, 0.1) is 25.5 Å². The van der Waals surface area contributed by atoms with Crippen LogP contribution in [-0.4, -0.2) is 44.0 Å². The van der Waals surface area contributed by atoms with Gasteiger partial charge in [-0.05, 0) is 37.3 Å². The topological polar surface area (TPSA) is 67.9 Å². The number of hydrogen-bond acceptors (Lipinski definition) is 4. The van der Waals surface area contributed by atoms with Crippen molar-refractivity contribution in [1.29, 1.82) is 0 Å². The van der Waals surface area contributed by atoms with Crippen LogP contribution in [0.4, 0.5) is 18.9 Å². The number of para-hydroxylation sites is 1. The molecular formula is C22H23F3N2O4. The number of nitrogens with zero attached hydrogens (tertiary/aromatic N) is 1. The number of alkyl halides is 3. The van der Waals surface area contributed by atoms with E-state index in [1.165, 1.54) is 43.4 Å². The van der Waals surface area contributed by atoms with E-state index in [-0.39, 0.29) is 12.2 Å². The monoisotopic (exact) mass is 436 g/mol. The molecule has 0 radical (unpaired) electrons. The van der Waals surface area contributed by atoms with Crippen LogP contribution in [0.15, 0.2) is 48.5 Å². The quantitative estimate of drug-likeness (QED) is 0.629. The van der Waals surface area contributed by atoms with E-state index in [1.807, 2.05) is 0 Å². The third-order valence-electron chi connectivity index (χ3n) is 4.38. The number of likely N-dealkylation sites (N-methyl/N-ethyl adjacent to an activating group) is 1. The second-order valence-electron chi connectivity index (χ2n) is 6.39. The summed E-state index contributed by atoms with van der Waals surface area (Å²) in [5.41, 5.74) is -0.692. The van der Waals surface area contributed by atoms with Crippen molar-refractivity contribution in [1.82, 2.24) is 4.90 Å². The second kappa shape index (κ2) is 10.5. The molecule has 0 bridgehead atoms. The molecule has 2 amide bonds. The molecule has 0 aliphatic carbocycles. The minimum absolute atomic E-state index is 0.192. The van der Waals surface area contributed by atoms with Gasteiger partial charge in [0.2, 0.25) is 11.8 Å². The van der Waals surface area contributed by atoms with Gasteiger partial charge >= 0.3 is 6.18 Å². The van der Waals surface area contributed by atoms with Gasteiger partial charge < -0.3 is 19.7 Å². The van der Waals surface area contributed by atoms with Crippen LogP contribution in [0, 0.1) is 0 Å². The van der Waals surface area contributed by atoms with E-state index in [2.05, 4.69) is 5.32 Å². The first kappa shape index (κ1) is 23.8. The second-order valence-corrected chi connectivity index (χ2v) is 6.39. The molecule has 2 aromatic rings. The summed E-state index contributed by atoms with van der Waals surface area (Å²) in [6.45, 7) is 1.46. The van der Waals surface area contributed by atoms with Gasteiger partial charge in [-0.25, -0.2) is 0 Å². The molecule has 0 spiro atoms. The lowest BCUT2D eigenvalue weighted by Crippen LogP contribution is -2.37. The molecule has 0 unspecified atom stereocenters. The van der Waals surface area contributed by atoms with Crippen molar-refractivity contribution in [2.24, 2.45) is 0 Å². The van der Waals surface area contributed by atoms with Crippen LogP contribution in [-0.2, 0) is 15.8 Å². The number of methoxy groups -OCH3 is 2. The highest BCUT2D eigenvalue weighted by atomic mass is 19.4. The van der Waals surface area contributed by atoms with E-state index in [0.29, 0.717) is 17.1 Å². The third kappa shape index (κ3) is 6.50. The molecule has 0 fully saturated rings. The molecule has 9 heteroatoms. The van der Waals surface area contributed by atoms with Crippen LogP contribution in [0.3, 0.4) is 0 Å². The predicted molar refractivity (Wildman–Crippen MR) is 111 cm³/mol. The first-order chi connectivity index (χ1) is 14.7. The molecule has 0 aliphatic heterocycles. The average Bonchev–Trinajstić information content (AvgIpc) is 2.75. The molecule has 2 aromatic carbocycles. The standard InChI is InChI=1S/C22H23F3N2O4/c1-4-27(14-20(28)26-18-8-6-5-7-17(18)22(23,24)25)21(29)12-10-15-9-11-16(30-2)13-19(15)31-3/h5-13H,4,14H2,1-3H3,(H,26,28). The maximum Gasteiger partial charge on any atom is 0.418 e. The Morgan fingerprint density at radius 3 is 2.42 bits per heavy atom. The lowest BCUT2D eigenvalue weighted by Gasteiger charge is -2.20. The minimum Gasteiger partial charge on any atom is -0.497 e. The van der Waals surface area contributed by atoms with E-state index in [1.54, 1.807) is 25.1 Å². The third-order valence-corrected chi connectivity index (χ3v) is 4.38. The number of rotatable bonds is 8. The number of carbonyl (C=O) groups is 2. The van der Waals surface area contributed by atoms with Crippen molar-refractivity contribution in [3.63, 3.8) is 0 Å². The van der Waals surface area contributed by atoms with E-state index < -0.39 is 30.1 Å². The number of anilines is 1. The zero-order valence-corrected chi connectivity index (χ0v) is 17.3. The summed E-state index contributed by atoms with van der Waals surface area (Å²) in [6, 6.07) is 9.73. The Kier molecular flexibility index (Phi) is 8.07. The van der Waals surface area contributed by atoms with Crippen LogP contribution in [0.5, 0.6) is 11.5 Å². The molecule has 6 nitrogen and oxygen atoms in total. The SMILES string of the molecule is CCN(CC(=O)Nc1ccccc1C(F)(F)F)C(=O)C=Cc1ccc(OC)cc1OC. The first-order valence-electron chi connectivity index (χ1n) is 9.34. The molecule has 166 valence electrons. The molecule has 0 heterocycles. The van der Waals surface area contributed by atoms with Crippen molar-refractivity contribution in [2.45, 2.75) is 13.1 Å². The maximum atomic E-state index is 13.1. The molecule has 0 saturated carbocycles. The van der Waals surface area contributed by atoms with E-state index in [9.17, 15) is 22.8 Å². The number of carbonyl (C=O) groups excluding carboxylic acids is 2. The minimum atomic E-state index is -4.61. The van der Waals surface area contributed by atoms with Gasteiger partial charge in [0.25, 0.3) is 0 Å². The van der Waals surface area contributed by atoms with Crippen molar-refractivity contribution < 1.29 is 32.2 Å². The first-order valence-corrected chi connectivity index (χ1v) is 9.34. The molecule has 0 aliphatic rings. The fraction of sp³-hybridized carbons (Fsp3) is 0.273. The van der Waals surface area contributed by atoms with Crippen LogP contribution in [0.1, 0.15) is 18.1 Å². The normalized spacial score (nSPS) is 11.3.